The van der Waals surface area contributed by atoms with Crippen LogP contribution in [0.3, 0.4) is 0 Å². The van der Waals surface area contributed by atoms with E-state index in [0.29, 0.717) is 21.4 Å². The zero-order chi connectivity index (χ0) is 18.9. The molecule has 1 N–H and O–H groups in total. The number of nitrogens with one attached hydrogen (secondary N) is 1. The molecule has 26 heavy (non-hydrogen) atoms. The summed E-state index contributed by atoms with van der Waals surface area (Å²) >= 11 is 11.9. The Kier molecular flexibility index (Phi) is 5.06. The normalized spacial score (nSPS) is 11.6. The van der Waals surface area contributed by atoms with E-state index < -0.39 is 11.9 Å². The van der Waals surface area contributed by atoms with Crippen molar-refractivity contribution in [2.24, 2.45) is 7.05 Å². The van der Waals surface area contributed by atoms with Gasteiger partial charge in [0.2, 0.25) is 0 Å². The summed E-state index contributed by atoms with van der Waals surface area (Å²) in [5, 5.41) is 3.56. The van der Waals surface area contributed by atoms with E-state index in [1.165, 1.54) is 12.4 Å². The van der Waals surface area contributed by atoms with E-state index in [1.54, 1.807) is 29.8 Å². The molecule has 3 aromatic rings. The number of pyridine rings is 1. The van der Waals surface area contributed by atoms with E-state index >= 15 is 0 Å². The third-order valence-electron chi connectivity index (χ3n) is 3.60. The fraction of sp³-hybridized carbons (Fsp3) is 0.188. The Hall–Kier alpha value is -2.32. The van der Waals surface area contributed by atoms with Gasteiger partial charge in [-0.25, -0.2) is 9.97 Å². The molecule has 0 aliphatic carbocycles. The van der Waals surface area contributed by atoms with Gasteiger partial charge in [-0.3, -0.25) is 4.98 Å². The Balaban J connectivity index is 1.94. The van der Waals surface area contributed by atoms with Gasteiger partial charge in [-0.05, 0) is 18.2 Å². The van der Waals surface area contributed by atoms with E-state index in [2.05, 4.69) is 20.3 Å². The molecule has 0 radical (unpaired) electrons. The minimum atomic E-state index is -4.60. The zero-order valence-corrected chi connectivity index (χ0v) is 14.9. The van der Waals surface area contributed by atoms with Gasteiger partial charge in [-0.1, -0.05) is 23.2 Å². The second-order valence-corrected chi connectivity index (χ2v) is 6.15. The summed E-state index contributed by atoms with van der Waals surface area (Å²) in [6.07, 6.45) is -1.69. The van der Waals surface area contributed by atoms with Crippen molar-refractivity contribution in [3.05, 3.63) is 58.2 Å². The van der Waals surface area contributed by atoms with Gasteiger partial charge in [0, 0.05) is 36.8 Å². The maximum Gasteiger partial charge on any atom is 0.433 e. The fourth-order valence-electron chi connectivity index (χ4n) is 2.25. The van der Waals surface area contributed by atoms with Crippen molar-refractivity contribution in [1.82, 2.24) is 19.5 Å². The summed E-state index contributed by atoms with van der Waals surface area (Å²) in [5.74, 6) is -0.0435. The fourth-order valence-corrected chi connectivity index (χ4v) is 2.66. The average Bonchev–Trinajstić information content (AvgIpc) is 2.86. The minimum absolute atomic E-state index is 0.0274. The first-order valence-electron chi connectivity index (χ1n) is 7.36. The molecule has 3 aromatic heterocycles. The lowest BCUT2D eigenvalue weighted by Crippen LogP contribution is -2.12. The molecule has 0 saturated heterocycles. The van der Waals surface area contributed by atoms with Crippen molar-refractivity contribution in [3.63, 3.8) is 0 Å². The summed E-state index contributed by atoms with van der Waals surface area (Å²) < 4.78 is 41.2. The van der Waals surface area contributed by atoms with Gasteiger partial charge in [-0.15, -0.1) is 0 Å². The Morgan fingerprint density at radius 2 is 1.96 bits per heavy atom. The van der Waals surface area contributed by atoms with Crippen molar-refractivity contribution in [3.8, 4) is 11.4 Å². The smallest absolute Gasteiger partial charge is 0.364 e. The molecule has 0 aliphatic rings. The summed E-state index contributed by atoms with van der Waals surface area (Å²) in [6, 6.07) is 5.67. The Labute approximate surface area is 156 Å². The molecule has 0 aliphatic heterocycles. The summed E-state index contributed by atoms with van der Waals surface area (Å²) in [5.41, 5.74) is 0.0264. The van der Waals surface area contributed by atoms with Crippen LogP contribution in [0.5, 0.6) is 0 Å². The van der Waals surface area contributed by atoms with Crippen LogP contribution in [-0.2, 0) is 19.8 Å². The number of hydrogen-bond acceptors (Lipinski definition) is 4. The molecule has 0 atom stereocenters. The summed E-state index contributed by atoms with van der Waals surface area (Å²) in [6.45, 7) is 0.184. The molecule has 0 amide bonds. The third kappa shape index (κ3) is 3.91. The maximum absolute atomic E-state index is 13.2. The van der Waals surface area contributed by atoms with Crippen LogP contribution < -0.4 is 5.32 Å². The Morgan fingerprint density at radius 1 is 1.19 bits per heavy atom. The van der Waals surface area contributed by atoms with Gasteiger partial charge >= 0.3 is 6.18 Å². The van der Waals surface area contributed by atoms with Crippen molar-refractivity contribution in [2.45, 2.75) is 12.7 Å². The second-order valence-electron chi connectivity index (χ2n) is 5.39. The molecule has 0 unspecified atom stereocenters. The van der Waals surface area contributed by atoms with E-state index in [0.717, 1.165) is 6.07 Å². The number of nitrogens with zero attached hydrogens (tertiary/aromatic N) is 4. The molecule has 0 fully saturated rings. The van der Waals surface area contributed by atoms with Gasteiger partial charge in [0.05, 0.1) is 11.6 Å². The highest BCUT2D eigenvalue weighted by Gasteiger charge is 2.33. The molecule has 5 nitrogen and oxygen atoms in total. The molecule has 3 heterocycles. The molecular formula is C16H12Cl2F3N5. The first kappa shape index (κ1) is 18.5. The van der Waals surface area contributed by atoms with Crippen LogP contribution in [0.1, 0.15) is 11.4 Å². The second kappa shape index (κ2) is 7.13. The van der Waals surface area contributed by atoms with E-state index in [9.17, 15) is 13.2 Å². The lowest BCUT2D eigenvalue weighted by molar-refractivity contribution is -0.141. The maximum atomic E-state index is 13.2. The number of hydrogen-bond donors (Lipinski definition) is 1. The SMILES string of the molecule is Cn1c(CNc2cc(C(F)(F)F)nc(-c3cccnc3)n2)cc(Cl)c1Cl. The van der Waals surface area contributed by atoms with Crippen LogP contribution in [0.4, 0.5) is 19.0 Å². The van der Waals surface area contributed by atoms with Crippen LogP contribution in [0.25, 0.3) is 11.4 Å². The predicted molar refractivity (Wildman–Crippen MR) is 93.0 cm³/mol. The average molecular weight is 402 g/mol. The lowest BCUT2D eigenvalue weighted by Gasteiger charge is -2.12. The first-order valence-corrected chi connectivity index (χ1v) is 8.11. The van der Waals surface area contributed by atoms with Gasteiger partial charge in [0.15, 0.2) is 11.5 Å². The van der Waals surface area contributed by atoms with Crippen LogP contribution in [0.2, 0.25) is 10.2 Å². The highest BCUT2D eigenvalue weighted by atomic mass is 35.5. The van der Waals surface area contributed by atoms with E-state index in [-0.39, 0.29) is 18.2 Å². The number of halogens is 5. The van der Waals surface area contributed by atoms with E-state index in [4.69, 9.17) is 23.2 Å². The van der Waals surface area contributed by atoms with Crippen molar-refractivity contribution in [2.75, 3.05) is 5.32 Å². The van der Waals surface area contributed by atoms with E-state index in [1.807, 2.05) is 0 Å². The standard InChI is InChI=1S/C16H12Cl2F3N5/c1-26-10(5-11(17)14(26)18)8-23-13-6-12(16(19,20)21)24-15(25-13)9-3-2-4-22-7-9/h2-7H,8H2,1H3,(H,23,24,25). The number of alkyl halides is 3. The van der Waals surface area contributed by atoms with Gasteiger partial charge in [0.1, 0.15) is 11.0 Å². The van der Waals surface area contributed by atoms with Crippen LogP contribution in [0.15, 0.2) is 36.7 Å². The van der Waals surface area contributed by atoms with Crippen LogP contribution in [-0.4, -0.2) is 19.5 Å². The number of rotatable bonds is 4. The molecule has 3 rings (SSSR count). The number of aromatic nitrogens is 4. The Bertz CT molecular complexity index is 926. The molecule has 0 aromatic carbocycles. The minimum Gasteiger partial charge on any atom is -0.364 e. The topological polar surface area (TPSA) is 55.6 Å². The molecule has 0 spiro atoms. The monoisotopic (exact) mass is 401 g/mol. The zero-order valence-electron chi connectivity index (χ0n) is 13.3. The van der Waals surface area contributed by atoms with Gasteiger partial charge in [0.25, 0.3) is 0 Å². The van der Waals surface area contributed by atoms with Crippen molar-refractivity contribution >= 4 is 29.0 Å². The van der Waals surface area contributed by atoms with Gasteiger partial charge in [-0.2, -0.15) is 13.2 Å². The quantitative estimate of drug-likeness (QED) is 0.680. The molecule has 10 heteroatoms. The van der Waals surface area contributed by atoms with Crippen molar-refractivity contribution in [1.29, 1.82) is 0 Å². The lowest BCUT2D eigenvalue weighted by atomic mass is 10.2. The Morgan fingerprint density at radius 3 is 2.54 bits per heavy atom. The first-order chi connectivity index (χ1) is 12.3. The summed E-state index contributed by atoms with van der Waals surface area (Å²) in [4.78, 5) is 11.6. The molecular weight excluding hydrogens is 390 g/mol. The van der Waals surface area contributed by atoms with Crippen LogP contribution in [0, 0.1) is 0 Å². The summed E-state index contributed by atoms with van der Waals surface area (Å²) in [7, 11) is 1.70. The molecule has 0 saturated carbocycles. The number of anilines is 1. The third-order valence-corrected chi connectivity index (χ3v) is 4.44. The highest BCUT2D eigenvalue weighted by Crippen LogP contribution is 2.31. The largest absolute Gasteiger partial charge is 0.433 e. The highest BCUT2D eigenvalue weighted by molar-refractivity contribution is 6.41. The predicted octanol–water partition coefficient (Wildman–Crippen LogP) is 4.81. The molecule has 136 valence electrons. The van der Waals surface area contributed by atoms with Gasteiger partial charge < -0.3 is 9.88 Å². The molecule has 0 bridgehead atoms. The van der Waals surface area contributed by atoms with Crippen LogP contribution >= 0.6 is 23.2 Å². The van der Waals surface area contributed by atoms with Crippen molar-refractivity contribution < 1.29 is 13.2 Å².